The minimum absolute atomic E-state index is 0.211. The molecule has 0 saturated heterocycles. The van der Waals surface area contributed by atoms with Crippen molar-refractivity contribution in [3.05, 3.63) is 27.7 Å². The van der Waals surface area contributed by atoms with Gasteiger partial charge in [0.15, 0.2) is 0 Å². The van der Waals surface area contributed by atoms with Crippen LogP contribution in [-0.4, -0.2) is 13.0 Å². The number of aryl methyl sites for hydroxylation is 2. The Bertz CT molecular complexity index is 401. The van der Waals surface area contributed by atoms with E-state index < -0.39 is 0 Å². The van der Waals surface area contributed by atoms with E-state index in [-0.39, 0.29) is 5.91 Å². The summed E-state index contributed by atoms with van der Waals surface area (Å²) in [4.78, 5) is 13.3. The molecule has 0 unspecified atom stereocenters. The molecule has 0 radical (unpaired) electrons. The molecule has 1 aromatic rings. The monoisotopic (exact) mass is 253 g/mol. The Kier molecular flexibility index (Phi) is 2.35. The molecule has 2 rings (SSSR count). The predicted molar refractivity (Wildman–Crippen MR) is 60.6 cm³/mol. The van der Waals surface area contributed by atoms with E-state index in [2.05, 4.69) is 22.0 Å². The van der Waals surface area contributed by atoms with Gasteiger partial charge in [0.1, 0.15) is 0 Å². The van der Waals surface area contributed by atoms with Crippen LogP contribution in [0, 0.1) is 6.92 Å². The van der Waals surface area contributed by atoms with Gasteiger partial charge in [0.05, 0.1) is 0 Å². The second-order valence-electron chi connectivity index (χ2n) is 3.68. The van der Waals surface area contributed by atoms with Crippen LogP contribution < -0.4 is 4.90 Å². The van der Waals surface area contributed by atoms with Crippen LogP contribution in [0.2, 0.25) is 0 Å². The molecule has 0 spiro atoms. The number of benzene rings is 1. The number of hydrogen-bond donors (Lipinski definition) is 0. The third kappa shape index (κ3) is 1.46. The molecule has 0 atom stereocenters. The van der Waals surface area contributed by atoms with Crippen molar-refractivity contribution in [1.82, 2.24) is 0 Å². The lowest BCUT2D eigenvalue weighted by molar-refractivity contribution is -0.118. The van der Waals surface area contributed by atoms with E-state index in [9.17, 15) is 4.79 Å². The largest absolute Gasteiger partial charge is 0.315 e. The molecule has 3 heteroatoms. The minimum Gasteiger partial charge on any atom is -0.315 e. The lowest BCUT2D eigenvalue weighted by Crippen LogP contribution is -2.31. The maximum absolute atomic E-state index is 11.5. The molecule has 14 heavy (non-hydrogen) atoms. The topological polar surface area (TPSA) is 20.3 Å². The van der Waals surface area contributed by atoms with E-state index in [0.29, 0.717) is 6.42 Å². The summed E-state index contributed by atoms with van der Waals surface area (Å²) in [6, 6.07) is 4.15. The Labute approximate surface area is 92.0 Å². The zero-order chi connectivity index (χ0) is 10.3. The van der Waals surface area contributed by atoms with Crippen molar-refractivity contribution < 1.29 is 4.79 Å². The standard InChI is InChI=1S/C11H12BrNO/c1-7-5-9(12)6-8-3-4-10(14)13(2)11(7)8/h5-6H,3-4H2,1-2H3. The molecule has 1 amide bonds. The number of carbonyl (C=O) groups is 1. The van der Waals surface area contributed by atoms with Gasteiger partial charge in [-0.2, -0.15) is 0 Å². The van der Waals surface area contributed by atoms with Gasteiger partial charge in [-0.1, -0.05) is 15.9 Å². The average molecular weight is 254 g/mol. The number of halogens is 1. The second kappa shape index (κ2) is 3.39. The molecule has 0 aromatic heterocycles. The molecule has 0 aliphatic carbocycles. The van der Waals surface area contributed by atoms with Gasteiger partial charge < -0.3 is 4.90 Å². The Morgan fingerprint density at radius 3 is 2.79 bits per heavy atom. The Balaban J connectivity index is 2.60. The maximum atomic E-state index is 11.5. The number of fused-ring (bicyclic) bond motifs is 1. The number of carbonyl (C=O) groups excluding carboxylic acids is 1. The first-order valence-corrected chi connectivity index (χ1v) is 5.44. The van der Waals surface area contributed by atoms with Crippen molar-refractivity contribution in [3.63, 3.8) is 0 Å². The molecule has 1 aliphatic heterocycles. The average Bonchev–Trinajstić information content (AvgIpc) is 2.10. The first-order chi connectivity index (χ1) is 6.59. The van der Waals surface area contributed by atoms with E-state index in [1.165, 1.54) is 5.56 Å². The summed E-state index contributed by atoms with van der Waals surface area (Å²) >= 11 is 3.47. The van der Waals surface area contributed by atoms with Crippen LogP contribution in [0.4, 0.5) is 5.69 Å². The first kappa shape index (κ1) is 9.71. The molecule has 1 aromatic carbocycles. The molecule has 0 bridgehead atoms. The number of rotatable bonds is 0. The number of hydrogen-bond acceptors (Lipinski definition) is 1. The van der Waals surface area contributed by atoms with Gasteiger partial charge in [0.25, 0.3) is 0 Å². The van der Waals surface area contributed by atoms with Crippen LogP contribution in [0.1, 0.15) is 17.5 Å². The van der Waals surface area contributed by atoms with Crippen molar-refractivity contribution in [1.29, 1.82) is 0 Å². The lowest BCUT2D eigenvalue weighted by Gasteiger charge is -2.27. The Morgan fingerprint density at radius 2 is 2.07 bits per heavy atom. The van der Waals surface area contributed by atoms with E-state index >= 15 is 0 Å². The quantitative estimate of drug-likeness (QED) is 0.697. The molecule has 0 saturated carbocycles. The van der Waals surface area contributed by atoms with Crippen LogP contribution in [-0.2, 0) is 11.2 Å². The molecule has 0 N–H and O–H groups in total. The van der Waals surface area contributed by atoms with E-state index in [1.807, 2.05) is 20.0 Å². The third-order valence-electron chi connectivity index (χ3n) is 2.66. The number of anilines is 1. The van der Waals surface area contributed by atoms with Crippen LogP contribution in [0.25, 0.3) is 0 Å². The molecule has 2 nitrogen and oxygen atoms in total. The zero-order valence-electron chi connectivity index (χ0n) is 8.30. The van der Waals surface area contributed by atoms with Gasteiger partial charge in [-0.3, -0.25) is 4.79 Å². The summed E-state index contributed by atoms with van der Waals surface area (Å²) in [6.07, 6.45) is 1.48. The maximum Gasteiger partial charge on any atom is 0.227 e. The van der Waals surface area contributed by atoms with E-state index in [1.54, 1.807) is 4.90 Å². The van der Waals surface area contributed by atoms with Gasteiger partial charge in [-0.25, -0.2) is 0 Å². The van der Waals surface area contributed by atoms with E-state index in [0.717, 1.165) is 22.1 Å². The molecule has 74 valence electrons. The fraction of sp³-hybridized carbons (Fsp3) is 0.364. The van der Waals surface area contributed by atoms with Crippen LogP contribution in [0.15, 0.2) is 16.6 Å². The van der Waals surface area contributed by atoms with Crippen LogP contribution in [0.5, 0.6) is 0 Å². The summed E-state index contributed by atoms with van der Waals surface area (Å²) in [5.41, 5.74) is 3.51. The Hall–Kier alpha value is -0.830. The number of nitrogens with zero attached hydrogens (tertiary/aromatic N) is 1. The highest BCUT2D eigenvalue weighted by molar-refractivity contribution is 9.10. The van der Waals surface area contributed by atoms with Crippen molar-refractivity contribution in [2.24, 2.45) is 0 Å². The fourth-order valence-electron chi connectivity index (χ4n) is 2.01. The predicted octanol–water partition coefficient (Wildman–Crippen LogP) is 2.67. The Morgan fingerprint density at radius 1 is 1.36 bits per heavy atom. The zero-order valence-corrected chi connectivity index (χ0v) is 9.89. The summed E-state index contributed by atoms with van der Waals surface area (Å²) in [5.74, 6) is 0.211. The molecule has 1 aliphatic rings. The van der Waals surface area contributed by atoms with Crippen molar-refractivity contribution >= 4 is 27.5 Å². The summed E-state index contributed by atoms with van der Waals surface area (Å²) < 4.78 is 1.09. The van der Waals surface area contributed by atoms with Gasteiger partial charge in [0.2, 0.25) is 5.91 Å². The molecular formula is C11H12BrNO. The van der Waals surface area contributed by atoms with Crippen LogP contribution >= 0.6 is 15.9 Å². The third-order valence-corrected chi connectivity index (χ3v) is 3.12. The smallest absolute Gasteiger partial charge is 0.227 e. The highest BCUT2D eigenvalue weighted by Gasteiger charge is 2.22. The molecular weight excluding hydrogens is 242 g/mol. The SMILES string of the molecule is Cc1cc(Br)cc2c1N(C)C(=O)CC2. The van der Waals surface area contributed by atoms with Gasteiger partial charge in [-0.05, 0) is 36.6 Å². The lowest BCUT2D eigenvalue weighted by atomic mass is 9.98. The highest BCUT2D eigenvalue weighted by atomic mass is 79.9. The van der Waals surface area contributed by atoms with Gasteiger partial charge >= 0.3 is 0 Å². The van der Waals surface area contributed by atoms with Gasteiger partial charge in [-0.15, -0.1) is 0 Å². The molecule has 0 fully saturated rings. The summed E-state index contributed by atoms with van der Waals surface area (Å²) in [7, 11) is 1.85. The van der Waals surface area contributed by atoms with Crippen molar-refractivity contribution in [2.75, 3.05) is 11.9 Å². The molecule has 1 heterocycles. The van der Waals surface area contributed by atoms with Crippen LogP contribution in [0.3, 0.4) is 0 Å². The van der Waals surface area contributed by atoms with Crippen molar-refractivity contribution in [2.45, 2.75) is 19.8 Å². The van der Waals surface area contributed by atoms with E-state index in [4.69, 9.17) is 0 Å². The van der Waals surface area contributed by atoms with Crippen molar-refractivity contribution in [3.8, 4) is 0 Å². The minimum atomic E-state index is 0.211. The second-order valence-corrected chi connectivity index (χ2v) is 4.60. The number of amides is 1. The fourth-order valence-corrected chi connectivity index (χ4v) is 2.63. The summed E-state index contributed by atoms with van der Waals surface area (Å²) in [5, 5.41) is 0. The highest BCUT2D eigenvalue weighted by Crippen LogP contribution is 2.32. The van der Waals surface area contributed by atoms with Gasteiger partial charge in [0, 0.05) is 23.6 Å². The normalized spacial score (nSPS) is 15.6. The summed E-state index contributed by atoms with van der Waals surface area (Å²) in [6.45, 7) is 2.04. The first-order valence-electron chi connectivity index (χ1n) is 4.65.